The van der Waals surface area contributed by atoms with Crippen LogP contribution in [0, 0.1) is 19.8 Å². The molecule has 0 bridgehead atoms. The van der Waals surface area contributed by atoms with Crippen molar-refractivity contribution in [3.05, 3.63) is 29.5 Å². The summed E-state index contributed by atoms with van der Waals surface area (Å²) in [6.07, 6.45) is 5.87. The van der Waals surface area contributed by atoms with E-state index in [4.69, 9.17) is 0 Å². The predicted molar refractivity (Wildman–Crippen MR) is 76.7 cm³/mol. The van der Waals surface area contributed by atoms with Crippen LogP contribution in [-0.4, -0.2) is 25.8 Å². The Labute approximate surface area is 118 Å². The van der Waals surface area contributed by atoms with E-state index < -0.39 is 0 Å². The molecule has 1 aliphatic rings. The molecule has 1 fully saturated rings. The number of carbonyl (C=O) groups is 1. The molecule has 5 nitrogen and oxygen atoms in total. The lowest BCUT2D eigenvalue weighted by atomic mass is 9.98. The second-order valence-corrected chi connectivity index (χ2v) is 6.26. The number of rotatable bonds is 3. The number of amides is 1. The first kappa shape index (κ1) is 13.1. The van der Waals surface area contributed by atoms with E-state index in [1.165, 1.54) is 12.8 Å². The van der Waals surface area contributed by atoms with Gasteiger partial charge in [0.2, 0.25) is 0 Å². The van der Waals surface area contributed by atoms with Crippen LogP contribution in [0.15, 0.2) is 12.4 Å². The number of aryl methyl sites for hydroxylation is 2. The number of carbonyl (C=O) groups excluding carboxylic acids is 1. The van der Waals surface area contributed by atoms with Gasteiger partial charge in [0.1, 0.15) is 0 Å². The summed E-state index contributed by atoms with van der Waals surface area (Å²) in [7, 11) is 0. The second kappa shape index (κ2) is 4.30. The van der Waals surface area contributed by atoms with Crippen LogP contribution in [0.2, 0.25) is 0 Å². The van der Waals surface area contributed by atoms with Gasteiger partial charge >= 0.3 is 0 Å². The van der Waals surface area contributed by atoms with E-state index in [9.17, 15) is 4.79 Å². The lowest BCUT2D eigenvalue weighted by Gasteiger charge is -2.26. The maximum absolute atomic E-state index is 12.5. The average molecular weight is 272 g/mol. The summed E-state index contributed by atoms with van der Waals surface area (Å²) in [4.78, 5) is 21.1. The topological polar surface area (TPSA) is 59.3 Å². The van der Waals surface area contributed by atoms with Gasteiger partial charge in [-0.1, -0.05) is 0 Å². The molecule has 1 N–H and O–H groups in total. The van der Waals surface area contributed by atoms with Crippen LogP contribution in [-0.2, 0) is 0 Å². The Morgan fingerprint density at radius 3 is 2.45 bits per heavy atom. The third kappa shape index (κ3) is 2.07. The van der Waals surface area contributed by atoms with Crippen LogP contribution in [0.3, 0.4) is 0 Å². The highest BCUT2D eigenvalue weighted by Crippen LogP contribution is 2.39. The molecule has 0 saturated heterocycles. The van der Waals surface area contributed by atoms with Crippen LogP contribution in [0.4, 0.5) is 0 Å². The Bertz CT molecular complexity index is 682. The Balaban J connectivity index is 1.98. The highest BCUT2D eigenvalue weighted by Gasteiger charge is 2.39. The van der Waals surface area contributed by atoms with Gasteiger partial charge in [0.05, 0.1) is 0 Å². The third-order valence-corrected chi connectivity index (χ3v) is 4.13. The number of hydrogen-bond acceptors (Lipinski definition) is 3. The minimum absolute atomic E-state index is 0.141. The van der Waals surface area contributed by atoms with Gasteiger partial charge in [0.25, 0.3) is 5.91 Å². The summed E-state index contributed by atoms with van der Waals surface area (Å²) in [5.41, 5.74) is 2.84. The van der Waals surface area contributed by atoms with E-state index in [1.54, 1.807) is 12.4 Å². The van der Waals surface area contributed by atoms with Crippen molar-refractivity contribution >= 4 is 11.6 Å². The zero-order chi connectivity index (χ0) is 14.5. The number of hydrogen-bond donors (Lipinski definition) is 1. The average Bonchev–Trinajstić information content (AvgIpc) is 3.15. The van der Waals surface area contributed by atoms with Crippen molar-refractivity contribution in [3.8, 4) is 0 Å². The number of nitrogens with one attached hydrogen (secondary N) is 1. The van der Waals surface area contributed by atoms with Gasteiger partial charge in [-0.2, -0.15) is 0 Å². The van der Waals surface area contributed by atoms with Crippen LogP contribution in [0.5, 0.6) is 0 Å². The molecule has 2 heterocycles. The largest absolute Gasteiger partial charge is 0.345 e. The summed E-state index contributed by atoms with van der Waals surface area (Å²) in [6.45, 7) is 8.09. The molecular formula is C15H20N4O. The normalized spacial score (nSPS) is 15.6. The molecule has 0 unspecified atom stereocenters. The Morgan fingerprint density at radius 2 is 1.85 bits per heavy atom. The van der Waals surface area contributed by atoms with Crippen LogP contribution in [0.1, 0.15) is 48.6 Å². The fourth-order valence-electron chi connectivity index (χ4n) is 2.74. The van der Waals surface area contributed by atoms with Gasteiger partial charge in [-0.15, -0.1) is 0 Å². The maximum Gasteiger partial charge on any atom is 0.274 e. The van der Waals surface area contributed by atoms with E-state index in [2.05, 4.69) is 29.1 Å². The monoisotopic (exact) mass is 272 g/mol. The molecule has 5 heteroatoms. The first-order valence-corrected chi connectivity index (χ1v) is 7.02. The first-order chi connectivity index (χ1) is 9.40. The highest BCUT2D eigenvalue weighted by molar-refractivity contribution is 5.98. The van der Waals surface area contributed by atoms with E-state index in [0.29, 0.717) is 17.3 Å². The minimum Gasteiger partial charge on any atom is -0.345 e. The lowest BCUT2D eigenvalue weighted by molar-refractivity contribution is 0.0899. The molecule has 0 spiro atoms. The zero-order valence-electron chi connectivity index (χ0n) is 12.4. The molecule has 0 atom stereocenters. The molecule has 1 amide bonds. The van der Waals surface area contributed by atoms with Crippen molar-refractivity contribution in [2.45, 2.75) is 46.1 Å². The summed E-state index contributed by atoms with van der Waals surface area (Å²) < 4.78 is 1.96. The van der Waals surface area contributed by atoms with Gasteiger partial charge < -0.3 is 5.32 Å². The fourth-order valence-corrected chi connectivity index (χ4v) is 2.74. The number of fused-ring (bicyclic) bond motifs is 1. The molecule has 1 saturated carbocycles. The molecule has 2 aromatic heterocycles. The summed E-state index contributed by atoms with van der Waals surface area (Å²) in [6, 6.07) is 0. The van der Waals surface area contributed by atoms with E-state index in [-0.39, 0.29) is 11.4 Å². The van der Waals surface area contributed by atoms with Crippen molar-refractivity contribution in [2.75, 3.05) is 0 Å². The van der Waals surface area contributed by atoms with Gasteiger partial charge in [0.15, 0.2) is 11.3 Å². The van der Waals surface area contributed by atoms with Crippen molar-refractivity contribution in [1.29, 1.82) is 0 Å². The molecule has 3 rings (SSSR count). The minimum atomic E-state index is -0.178. The number of nitrogens with zero attached hydrogens (tertiary/aromatic N) is 3. The maximum atomic E-state index is 12.5. The predicted octanol–water partition coefficient (Wildman–Crippen LogP) is 2.26. The van der Waals surface area contributed by atoms with Gasteiger partial charge in [0, 0.05) is 29.3 Å². The smallest absolute Gasteiger partial charge is 0.274 e. The summed E-state index contributed by atoms with van der Waals surface area (Å²) >= 11 is 0. The van der Waals surface area contributed by atoms with Crippen molar-refractivity contribution in [2.24, 2.45) is 5.92 Å². The van der Waals surface area contributed by atoms with Gasteiger partial charge in [-0.05, 0) is 46.5 Å². The molecule has 0 aliphatic heterocycles. The fraction of sp³-hybridized carbons (Fsp3) is 0.533. The van der Waals surface area contributed by atoms with Gasteiger partial charge in [-0.25, -0.2) is 9.97 Å². The summed E-state index contributed by atoms with van der Waals surface area (Å²) in [5, 5.41) is 3.10. The van der Waals surface area contributed by atoms with E-state index in [1.807, 2.05) is 18.2 Å². The van der Waals surface area contributed by atoms with Crippen LogP contribution < -0.4 is 5.32 Å². The SMILES string of the molecule is Cc1cnc(C(=O)NC(C)(C)C2CC2)c2ncc(C)n12. The van der Waals surface area contributed by atoms with E-state index in [0.717, 1.165) is 11.4 Å². The first-order valence-electron chi connectivity index (χ1n) is 7.02. The standard InChI is InChI=1S/C15H20N4O/c1-9-7-16-12(13-17-8-10(2)19(9)13)14(20)18-15(3,4)11-5-6-11/h7-8,11H,5-6H2,1-4H3,(H,18,20). The quantitative estimate of drug-likeness (QED) is 0.932. The Morgan fingerprint density at radius 1 is 1.25 bits per heavy atom. The molecule has 0 aromatic carbocycles. The Hall–Kier alpha value is -1.91. The molecule has 0 radical (unpaired) electrons. The van der Waals surface area contributed by atoms with Crippen molar-refractivity contribution in [1.82, 2.24) is 19.7 Å². The van der Waals surface area contributed by atoms with Crippen LogP contribution >= 0.6 is 0 Å². The highest BCUT2D eigenvalue weighted by atomic mass is 16.2. The number of aromatic nitrogens is 3. The number of imidazole rings is 1. The lowest BCUT2D eigenvalue weighted by Crippen LogP contribution is -2.45. The third-order valence-electron chi connectivity index (χ3n) is 4.13. The van der Waals surface area contributed by atoms with E-state index >= 15 is 0 Å². The van der Waals surface area contributed by atoms with Crippen LogP contribution in [0.25, 0.3) is 5.65 Å². The van der Waals surface area contributed by atoms with Crippen molar-refractivity contribution < 1.29 is 4.79 Å². The molecule has 2 aromatic rings. The van der Waals surface area contributed by atoms with Gasteiger partial charge in [-0.3, -0.25) is 9.20 Å². The second-order valence-electron chi connectivity index (χ2n) is 6.26. The molecule has 1 aliphatic carbocycles. The molecule has 106 valence electrons. The molecular weight excluding hydrogens is 252 g/mol. The van der Waals surface area contributed by atoms with Crippen molar-refractivity contribution in [3.63, 3.8) is 0 Å². The molecule has 20 heavy (non-hydrogen) atoms. The summed E-state index contributed by atoms with van der Waals surface area (Å²) in [5.74, 6) is 0.437. The zero-order valence-corrected chi connectivity index (χ0v) is 12.4. The Kier molecular flexibility index (Phi) is 2.81.